The van der Waals surface area contributed by atoms with Gasteiger partial charge in [0.2, 0.25) is 0 Å². The Balaban J connectivity index is 2.13. The van der Waals surface area contributed by atoms with Crippen molar-refractivity contribution in [2.75, 3.05) is 26.8 Å². The number of hydrogen-bond donors (Lipinski definition) is 1. The smallest absolute Gasteiger partial charge is 0.412 e. The number of hydrogen-bond acceptors (Lipinski definition) is 3. The van der Waals surface area contributed by atoms with Crippen molar-refractivity contribution in [2.24, 2.45) is 5.41 Å². The molecule has 146 valence electrons. The van der Waals surface area contributed by atoms with Crippen LogP contribution in [0.2, 0.25) is 0 Å². The number of nitrogens with one attached hydrogen (secondary N) is 1. The molecule has 0 bridgehead atoms. The molecule has 0 aliphatic carbocycles. The first-order valence-corrected chi connectivity index (χ1v) is 8.40. The number of morpholine rings is 1. The van der Waals surface area contributed by atoms with Crippen LogP contribution >= 0.6 is 0 Å². The van der Waals surface area contributed by atoms with E-state index in [0.29, 0.717) is 12.4 Å². The minimum atomic E-state index is -4.61. The highest BCUT2D eigenvalue weighted by Crippen LogP contribution is 2.34. The second kappa shape index (κ2) is 7.73. The van der Waals surface area contributed by atoms with Crippen molar-refractivity contribution < 1.29 is 27.4 Å². The monoisotopic (exact) mass is 374 g/mol. The highest BCUT2D eigenvalue weighted by atomic mass is 19.4. The molecule has 0 spiro atoms. The molecule has 2 amide bonds. The number of ether oxygens (including phenoxy) is 2. The number of alkyl halides is 3. The maximum Gasteiger partial charge on any atom is 0.412 e. The van der Waals surface area contributed by atoms with Gasteiger partial charge < -0.3 is 19.7 Å². The Morgan fingerprint density at radius 3 is 2.38 bits per heavy atom. The maximum atomic E-state index is 13.5. The van der Waals surface area contributed by atoms with Gasteiger partial charge in [0.15, 0.2) is 6.04 Å². The van der Waals surface area contributed by atoms with Crippen LogP contribution in [0.1, 0.15) is 32.4 Å². The summed E-state index contributed by atoms with van der Waals surface area (Å²) >= 11 is 0. The Kier molecular flexibility index (Phi) is 6.05. The average molecular weight is 374 g/mol. The van der Waals surface area contributed by atoms with Crippen LogP contribution in [0.3, 0.4) is 0 Å². The molecule has 1 N–H and O–H groups in total. The third-order valence-corrected chi connectivity index (χ3v) is 4.36. The normalized spacial score (nSPS) is 19.8. The van der Waals surface area contributed by atoms with E-state index in [0.717, 1.165) is 0 Å². The summed E-state index contributed by atoms with van der Waals surface area (Å²) in [5.41, 5.74) is -0.259. The summed E-state index contributed by atoms with van der Waals surface area (Å²) in [6.45, 7) is 6.71. The summed E-state index contributed by atoms with van der Waals surface area (Å²) in [6, 6.07) is 2.63. The van der Waals surface area contributed by atoms with Crippen LogP contribution in [-0.2, 0) is 4.74 Å². The van der Waals surface area contributed by atoms with Crippen molar-refractivity contribution in [3.05, 3.63) is 29.8 Å². The van der Waals surface area contributed by atoms with E-state index in [9.17, 15) is 18.0 Å². The lowest BCUT2D eigenvalue weighted by Crippen LogP contribution is -2.54. The molecule has 5 nitrogen and oxygen atoms in total. The lowest BCUT2D eigenvalue weighted by Gasteiger charge is -2.40. The predicted octanol–water partition coefficient (Wildman–Crippen LogP) is 3.76. The molecule has 1 heterocycles. The highest BCUT2D eigenvalue weighted by molar-refractivity contribution is 5.75. The Hall–Kier alpha value is -1.96. The van der Waals surface area contributed by atoms with Gasteiger partial charge >= 0.3 is 12.2 Å². The molecule has 2 unspecified atom stereocenters. The van der Waals surface area contributed by atoms with Gasteiger partial charge in [0.25, 0.3) is 0 Å². The van der Waals surface area contributed by atoms with E-state index in [1.165, 1.54) is 36.3 Å². The lowest BCUT2D eigenvalue weighted by atomic mass is 9.88. The number of carbonyl (C=O) groups excluding carboxylic acids is 1. The van der Waals surface area contributed by atoms with Gasteiger partial charge in [0.1, 0.15) is 5.75 Å². The van der Waals surface area contributed by atoms with Crippen molar-refractivity contribution in [1.82, 2.24) is 10.2 Å². The van der Waals surface area contributed by atoms with Crippen LogP contribution in [0.25, 0.3) is 0 Å². The van der Waals surface area contributed by atoms with Crippen LogP contribution < -0.4 is 10.1 Å². The molecule has 1 saturated heterocycles. The van der Waals surface area contributed by atoms with Gasteiger partial charge in [-0.2, -0.15) is 13.2 Å². The number of halogens is 3. The van der Waals surface area contributed by atoms with Gasteiger partial charge in [-0.25, -0.2) is 4.79 Å². The standard InChI is InChI=1S/C18H25F3N2O3/c1-17(2,3)14-11-23(9-10-26-14)16(24)22-15(18(19,20)21)12-5-7-13(25-4)8-6-12/h5-8,14-15H,9-11H2,1-4H3,(H,22,24). The first-order chi connectivity index (χ1) is 12.0. The number of amides is 2. The topological polar surface area (TPSA) is 50.8 Å². The number of carbonyl (C=O) groups is 1. The summed E-state index contributed by atoms with van der Waals surface area (Å²) in [5, 5.41) is 2.12. The summed E-state index contributed by atoms with van der Waals surface area (Å²) in [4.78, 5) is 13.8. The van der Waals surface area contributed by atoms with Gasteiger partial charge in [0.05, 0.1) is 19.8 Å². The average Bonchev–Trinajstić information content (AvgIpc) is 2.58. The van der Waals surface area contributed by atoms with E-state index in [2.05, 4.69) is 5.32 Å². The number of nitrogens with zero attached hydrogens (tertiary/aromatic N) is 1. The molecular weight excluding hydrogens is 349 g/mol. The van der Waals surface area contributed by atoms with Crippen LogP contribution in [0.5, 0.6) is 5.75 Å². The molecule has 0 radical (unpaired) electrons. The molecule has 1 fully saturated rings. The van der Waals surface area contributed by atoms with E-state index in [-0.39, 0.29) is 30.2 Å². The second-order valence-electron chi connectivity index (χ2n) is 7.37. The van der Waals surface area contributed by atoms with E-state index in [1.807, 2.05) is 20.8 Å². The molecular formula is C18H25F3N2O3. The van der Waals surface area contributed by atoms with Crippen LogP contribution in [0.4, 0.5) is 18.0 Å². The van der Waals surface area contributed by atoms with Gasteiger partial charge in [0, 0.05) is 13.1 Å². The second-order valence-corrected chi connectivity index (χ2v) is 7.37. The molecule has 8 heteroatoms. The fourth-order valence-corrected chi connectivity index (χ4v) is 2.72. The van der Waals surface area contributed by atoms with Crippen molar-refractivity contribution in [1.29, 1.82) is 0 Å². The maximum absolute atomic E-state index is 13.5. The molecule has 0 aromatic heterocycles. The summed E-state index contributed by atoms with van der Waals surface area (Å²) in [5.74, 6) is 0.446. The molecule has 1 aliphatic heterocycles. The van der Waals surface area contributed by atoms with Gasteiger partial charge in [-0.1, -0.05) is 32.9 Å². The fourth-order valence-electron chi connectivity index (χ4n) is 2.72. The molecule has 2 atom stereocenters. The number of benzene rings is 1. The zero-order chi connectivity index (χ0) is 19.5. The van der Waals surface area contributed by atoms with Gasteiger partial charge in [-0.15, -0.1) is 0 Å². The molecule has 2 rings (SSSR count). The Bertz CT molecular complexity index is 612. The van der Waals surface area contributed by atoms with Crippen molar-refractivity contribution in [3.63, 3.8) is 0 Å². The number of rotatable bonds is 3. The summed E-state index contributed by atoms with van der Waals surface area (Å²) in [7, 11) is 1.43. The third kappa shape index (κ3) is 5.03. The third-order valence-electron chi connectivity index (χ3n) is 4.36. The SMILES string of the molecule is COc1ccc(C(NC(=O)N2CCOC(C(C)(C)C)C2)C(F)(F)F)cc1. The number of methoxy groups -OCH3 is 1. The molecule has 1 aliphatic rings. The Labute approximate surface area is 151 Å². The van der Waals surface area contributed by atoms with Crippen molar-refractivity contribution in [2.45, 2.75) is 39.1 Å². The quantitative estimate of drug-likeness (QED) is 0.877. The van der Waals surface area contributed by atoms with Crippen LogP contribution in [0, 0.1) is 5.41 Å². The minimum Gasteiger partial charge on any atom is -0.497 e. The van der Waals surface area contributed by atoms with E-state index in [4.69, 9.17) is 9.47 Å². The summed E-state index contributed by atoms with van der Waals surface area (Å²) in [6.07, 6.45) is -4.84. The number of urea groups is 1. The largest absolute Gasteiger partial charge is 0.497 e. The Morgan fingerprint density at radius 1 is 1.27 bits per heavy atom. The Morgan fingerprint density at radius 2 is 1.88 bits per heavy atom. The zero-order valence-electron chi connectivity index (χ0n) is 15.4. The van der Waals surface area contributed by atoms with Crippen molar-refractivity contribution in [3.8, 4) is 5.75 Å². The fraction of sp³-hybridized carbons (Fsp3) is 0.611. The van der Waals surface area contributed by atoms with E-state index >= 15 is 0 Å². The molecule has 0 saturated carbocycles. The molecule has 26 heavy (non-hydrogen) atoms. The first kappa shape index (κ1) is 20.4. The molecule has 1 aromatic rings. The zero-order valence-corrected chi connectivity index (χ0v) is 15.4. The van der Waals surface area contributed by atoms with Gasteiger partial charge in [-0.05, 0) is 23.1 Å². The van der Waals surface area contributed by atoms with E-state index < -0.39 is 18.2 Å². The highest BCUT2D eigenvalue weighted by Gasteiger charge is 2.43. The van der Waals surface area contributed by atoms with Gasteiger partial charge in [-0.3, -0.25) is 0 Å². The first-order valence-electron chi connectivity index (χ1n) is 8.40. The van der Waals surface area contributed by atoms with Crippen molar-refractivity contribution >= 4 is 6.03 Å². The van der Waals surface area contributed by atoms with E-state index in [1.54, 1.807) is 0 Å². The summed E-state index contributed by atoms with van der Waals surface area (Å²) < 4.78 is 51.1. The van der Waals surface area contributed by atoms with Crippen LogP contribution in [-0.4, -0.2) is 50.0 Å². The minimum absolute atomic E-state index is 0.0488. The lowest BCUT2D eigenvalue weighted by molar-refractivity contribution is -0.156. The van der Waals surface area contributed by atoms with Crippen LogP contribution in [0.15, 0.2) is 24.3 Å². The predicted molar refractivity (Wildman–Crippen MR) is 91.1 cm³/mol. The molecule has 1 aromatic carbocycles.